The van der Waals surface area contributed by atoms with Crippen molar-refractivity contribution in [3.8, 4) is 5.75 Å². The Bertz CT molecular complexity index is 934. The molecule has 3 aromatic rings. The molecule has 3 aromatic carbocycles. The van der Waals surface area contributed by atoms with Gasteiger partial charge in [0.15, 0.2) is 5.60 Å². The van der Waals surface area contributed by atoms with E-state index < -0.39 is 11.5 Å². The van der Waals surface area contributed by atoms with Gasteiger partial charge in [-0.3, -0.25) is 4.79 Å². The molecule has 25 heavy (non-hydrogen) atoms. The number of carbonyl (C=O) groups excluding carboxylic acids is 1. The summed E-state index contributed by atoms with van der Waals surface area (Å²) in [6, 6.07) is 19.5. The van der Waals surface area contributed by atoms with Crippen molar-refractivity contribution in [2.45, 2.75) is 12.5 Å². The molecule has 0 fully saturated rings. The highest BCUT2D eigenvalue weighted by atomic mass is 16.3. The van der Waals surface area contributed by atoms with E-state index >= 15 is 0 Å². The number of phenols is 1. The molecular weight excluding hydrogens is 316 g/mol. The van der Waals surface area contributed by atoms with Gasteiger partial charge in [0.25, 0.3) is 5.91 Å². The monoisotopic (exact) mass is 334 g/mol. The van der Waals surface area contributed by atoms with Crippen LogP contribution in [0.1, 0.15) is 18.1 Å². The molecule has 0 saturated carbocycles. The molecule has 126 valence electrons. The average Bonchev–Trinajstić information content (AvgIpc) is 2.64. The molecule has 0 unspecified atom stereocenters. The maximum absolute atomic E-state index is 12.3. The van der Waals surface area contributed by atoms with Crippen LogP contribution in [-0.4, -0.2) is 22.3 Å². The van der Waals surface area contributed by atoms with Crippen molar-refractivity contribution in [2.24, 2.45) is 5.10 Å². The minimum atomic E-state index is -1.71. The zero-order valence-corrected chi connectivity index (χ0v) is 13.7. The zero-order chi connectivity index (χ0) is 17.9. The molecule has 0 aliphatic rings. The quantitative estimate of drug-likeness (QED) is 0.507. The molecule has 0 spiro atoms. The van der Waals surface area contributed by atoms with Crippen LogP contribution in [-0.2, 0) is 10.4 Å². The fourth-order valence-corrected chi connectivity index (χ4v) is 2.58. The predicted molar refractivity (Wildman–Crippen MR) is 97.4 cm³/mol. The Hall–Kier alpha value is -3.18. The molecule has 0 aliphatic heterocycles. The zero-order valence-electron chi connectivity index (χ0n) is 13.7. The van der Waals surface area contributed by atoms with Crippen LogP contribution in [0.5, 0.6) is 5.75 Å². The van der Waals surface area contributed by atoms with E-state index in [0.29, 0.717) is 11.1 Å². The van der Waals surface area contributed by atoms with Crippen molar-refractivity contribution in [1.82, 2.24) is 5.43 Å². The third kappa shape index (κ3) is 3.36. The lowest BCUT2D eigenvalue weighted by molar-refractivity contribution is -0.138. The van der Waals surface area contributed by atoms with Gasteiger partial charge in [-0.2, -0.15) is 5.10 Å². The molecule has 0 radical (unpaired) electrons. The van der Waals surface area contributed by atoms with Gasteiger partial charge in [0.05, 0.1) is 6.21 Å². The summed E-state index contributed by atoms with van der Waals surface area (Å²) >= 11 is 0. The maximum atomic E-state index is 12.3. The fraction of sp³-hybridized carbons (Fsp3) is 0.100. The van der Waals surface area contributed by atoms with Gasteiger partial charge in [-0.25, -0.2) is 5.43 Å². The number of nitrogens with one attached hydrogen (secondary N) is 1. The molecule has 1 atom stereocenters. The molecule has 1 amide bonds. The summed E-state index contributed by atoms with van der Waals surface area (Å²) in [5.41, 5.74) is 1.59. The van der Waals surface area contributed by atoms with E-state index in [-0.39, 0.29) is 5.75 Å². The van der Waals surface area contributed by atoms with Crippen LogP contribution in [0.15, 0.2) is 71.8 Å². The number of carbonyl (C=O) groups is 1. The van der Waals surface area contributed by atoms with Crippen molar-refractivity contribution < 1.29 is 15.0 Å². The summed E-state index contributed by atoms with van der Waals surface area (Å²) in [7, 11) is 0. The third-order valence-corrected chi connectivity index (χ3v) is 4.09. The molecule has 5 nitrogen and oxygen atoms in total. The summed E-state index contributed by atoms with van der Waals surface area (Å²) in [5.74, 6) is -0.596. The SMILES string of the molecule is C[C@@](O)(C(=O)N/N=C/c1c(O)ccc2ccccc12)c1ccccc1. The predicted octanol–water partition coefficient (Wildman–Crippen LogP) is 2.90. The van der Waals surface area contributed by atoms with Gasteiger partial charge in [0.1, 0.15) is 5.75 Å². The number of rotatable bonds is 4. The summed E-state index contributed by atoms with van der Waals surface area (Å²) in [5, 5.41) is 26.2. The lowest BCUT2D eigenvalue weighted by Gasteiger charge is -2.21. The number of aliphatic hydroxyl groups is 1. The third-order valence-electron chi connectivity index (χ3n) is 4.09. The van der Waals surface area contributed by atoms with Gasteiger partial charge in [0, 0.05) is 5.56 Å². The van der Waals surface area contributed by atoms with Crippen molar-refractivity contribution in [2.75, 3.05) is 0 Å². The Kier molecular flexibility index (Phi) is 4.50. The van der Waals surface area contributed by atoms with Crippen molar-refractivity contribution in [3.05, 3.63) is 77.9 Å². The maximum Gasteiger partial charge on any atom is 0.276 e. The molecule has 5 heteroatoms. The number of hydrazone groups is 1. The van der Waals surface area contributed by atoms with Crippen LogP contribution in [0, 0.1) is 0 Å². The molecule has 0 saturated heterocycles. The summed E-state index contributed by atoms with van der Waals surface area (Å²) in [4.78, 5) is 12.3. The van der Waals surface area contributed by atoms with E-state index in [4.69, 9.17) is 0 Å². The van der Waals surface area contributed by atoms with E-state index in [1.807, 2.05) is 24.3 Å². The van der Waals surface area contributed by atoms with E-state index in [1.54, 1.807) is 42.5 Å². The normalized spacial score (nSPS) is 13.7. The standard InChI is InChI=1S/C20H18N2O3/c1-20(25,15-8-3-2-4-9-15)19(24)22-21-13-17-16-10-6-5-7-14(16)11-12-18(17)23/h2-13,23,25H,1H3,(H,22,24)/b21-13+/t20-/m0/s1. The van der Waals surface area contributed by atoms with Crippen LogP contribution >= 0.6 is 0 Å². The second kappa shape index (κ2) is 6.75. The second-order valence-corrected chi connectivity index (χ2v) is 5.86. The van der Waals surface area contributed by atoms with Crippen LogP contribution in [0.25, 0.3) is 10.8 Å². The van der Waals surface area contributed by atoms with E-state index in [9.17, 15) is 15.0 Å². The van der Waals surface area contributed by atoms with Crippen LogP contribution in [0.2, 0.25) is 0 Å². The van der Waals surface area contributed by atoms with Gasteiger partial charge in [-0.05, 0) is 29.3 Å². The molecule has 0 bridgehead atoms. The first kappa shape index (κ1) is 16.7. The van der Waals surface area contributed by atoms with Crippen molar-refractivity contribution in [1.29, 1.82) is 0 Å². The van der Waals surface area contributed by atoms with Gasteiger partial charge in [0.2, 0.25) is 0 Å². The topological polar surface area (TPSA) is 81.9 Å². The van der Waals surface area contributed by atoms with Gasteiger partial charge >= 0.3 is 0 Å². The Morgan fingerprint density at radius 1 is 1.04 bits per heavy atom. The average molecular weight is 334 g/mol. The van der Waals surface area contributed by atoms with Crippen molar-refractivity contribution >= 4 is 22.9 Å². The highest BCUT2D eigenvalue weighted by Gasteiger charge is 2.32. The number of aromatic hydroxyl groups is 1. The van der Waals surface area contributed by atoms with E-state index in [0.717, 1.165) is 10.8 Å². The largest absolute Gasteiger partial charge is 0.507 e. The number of fused-ring (bicyclic) bond motifs is 1. The van der Waals surface area contributed by atoms with Gasteiger partial charge in [-0.15, -0.1) is 0 Å². The van der Waals surface area contributed by atoms with Crippen LogP contribution < -0.4 is 5.43 Å². The minimum absolute atomic E-state index is 0.0616. The van der Waals surface area contributed by atoms with Crippen molar-refractivity contribution in [3.63, 3.8) is 0 Å². The fourth-order valence-electron chi connectivity index (χ4n) is 2.58. The molecule has 0 aliphatic carbocycles. The first-order valence-electron chi connectivity index (χ1n) is 7.82. The first-order valence-corrected chi connectivity index (χ1v) is 7.82. The molecule has 0 aromatic heterocycles. The first-order chi connectivity index (χ1) is 12.0. The van der Waals surface area contributed by atoms with Crippen LogP contribution in [0.3, 0.4) is 0 Å². The van der Waals surface area contributed by atoms with Gasteiger partial charge in [-0.1, -0.05) is 60.7 Å². The molecule has 3 rings (SSSR count). The number of nitrogens with zero attached hydrogens (tertiary/aromatic N) is 1. The lowest BCUT2D eigenvalue weighted by atomic mass is 9.95. The van der Waals surface area contributed by atoms with Gasteiger partial charge < -0.3 is 10.2 Å². The van der Waals surface area contributed by atoms with E-state index in [2.05, 4.69) is 10.5 Å². The Labute approximate surface area is 145 Å². The molecule has 3 N–H and O–H groups in total. The number of hydrogen-bond donors (Lipinski definition) is 3. The van der Waals surface area contributed by atoms with Crippen LogP contribution in [0.4, 0.5) is 0 Å². The number of hydrogen-bond acceptors (Lipinski definition) is 4. The highest BCUT2D eigenvalue weighted by Crippen LogP contribution is 2.25. The molecule has 0 heterocycles. The Balaban J connectivity index is 1.82. The smallest absolute Gasteiger partial charge is 0.276 e. The summed E-state index contributed by atoms with van der Waals surface area (Å²) in [6.45, 7) is 1.41. The number of amides is 1. The Morgan fingerprint density at radius 2 is 1.72 bits per heavy atom. The number of benzene rings is 3. The van der Waals surface area contributed by atoms with E-state index in [1.165, 1.54) is 13.1 Å². The summed E-state index contributed by atoms with van der Waals surface area (Å²) < 4.78 is 0. The number of phenolic OH excluding ortho intramolecular Hbond substituents is 1. The molecular formula is C20H18N2O3. The highest BCUT2D eigenvalue weighted by molar-refractivity contribution is 6.02. The summed E-state index contributed by atoms with van der Waals surface area (Å²) in [6.07, 6.45) is 1.37. The second-order valence-electron chi connectivity index (χ2n) is 5.86. The lowest BCUT2D eigenvalue weighted by Crippen LogP contribution is -2.40. The Morgan fingerprint density at radius 3 is 2.48 bits per heavy atom. The minimum Gasteiger partial charge on any atom is -0.507 e.